The predicted molar refractivity (Wildman–Crippen MR) is 72.4 cm³/mol. The number of rotatable bonds is 2. The molecule has 1 atom stereocenters. The summed E-state index contributed by atoms with van der Waals surface area (Å²) in [4.78, 5) is 0. The van der Waals surface area contributed by atoms with Crippen LogP contribution in [-0.4, -0.2) is 5.11 Å². The van der Waals surface area contributed by atoms with E-state index in [9.17, 15) is 5.11 Å². The first-order valence-electron chi connectivity index (χ1n) is 5.53. The maximum absolute atomic E-state index is 10.0. The molecule has 0 heterocycles. The molecular weight excluding hydrogens is 334 g/mol. The molecule has 0 spiro atoms. The molecule has 1 aliphatic rings. The third-order valence-corrected chi connectivity index (χ3v) is 4.39. The Balaban J connectivity index is 2.31. The SMILES string of the molecule is N[C@@H](c1cc(Br)cc(Br)c1O)C1CCCC1. The quantitative estimate of drug-likeness (QED) is 0.844. The molecule has 1 aromatic rings. The number of hydrogen-bond acceptors (Lipinski definition) is 2. The normalized spacial score (nSPS) is 18.9. The summed E-state index contributed by atoms with van der Waals surface area (Å²) in [5, 5.41) is 10.0. The molecule has 4 heteroatoms. The smallest absolute Gasteiger partial charge is 0.134 e. The molecule has 1 saturated carbocycles. The van der Waals surface area contributed by atoms with E-state index in [2.05, 4.69) is 31.9 Å². The summed E-state index contributed by atoms with van der Waals surface area (Å²) in [6, 6.07) is 3.69. The van der Waals surface area contributed by atoms with Crippen molar-refractivity contribution in [2.24, 2.45) is 11.7 Å². The van der Waals surface area contributed by atoms with Crippen molar-refractivity contribution >= 4 is 31.9 Å². The summed E-state index contributed by atoms with van der Waals surface area (Å²) in [5.41, 5.74) is 7.08. The molecule has 88 valence electrons. The van der Waals surface area contributed by atoms with Gasteiger partial charge in [0, 0.05) is 16.1 Å². The minimum absolute atomic E-state index is 0.0590. The van der Waals surface area contributed by atoms with Crippen LogP contribution in [0.3, 0.4) is 0 Å². The van der Waals surface area contributed by atoms with Crippen molar-refractivity contribution in [3.8, 4) is 5.75 Å². The van der Waals surface area contributed by atoms with Gasteiger partial charge in [0.15, 0.2) is 0 Å². The Morgan fingerprint density at radius 3 is 2.50 bits per heavy atom. The number of phenols is 1. The summed E-state index contributed by atoms with van der Waals surface area (Å²) in [7, 11) is 0. The molecule has 0 bridgehead atoms. The second kappa shape index (κ2) is 5.07. The van der Waals surface area contributed by atoms with Gasteiger partial charge >= 0.3 is 0 Å². The summed E-state index contributed by atoms with van der Waals surface area (Å²) in [5.74, 6) is 0.787. The molecular formula is C12H15Br2NO. The third kappa shape index (κ3) is 2.44. The summed E-state index contributed by atoms with van der Waals surface area (Å²) in [6.45, 7) is 0. The van der Waals surface area contributed by atoms with Gasteiger partial charge < -0.3 is 10.8 Å². The van der Waals surface area contributed by atoms with Gasteiger partial charge in [0.05, 0.1) is 4.47 Å². The first kappa shape index (κ1) is 12.4. The zero-order valence-corrected chi connectivity index (χ0v) is 12.1. The van der Waals surface area contributed by atoms with Crippen LogP contribution in [-0.2, 0) is 0 Å². The van der Waals surface area contributed by atoms with E-state index in [0.29, 0.717) is 10.4 Å². The summed E-state index contributed by atoms with van der Waals surface area (Å²) < 4.78 is 1.64. The van der Waals surface area contributed by atoms with Gasteiger partial charge in [0.25, 0.3) is 0 Å². The third-order valence-electron chi connectivity index (χ3n) is 3.32. The van der Waals surface area contributed by atoms with E-state index in [0.717, 1.165) is 10.0 Å². The molecule has 0 aliphatic heterocycles. The predicted octanol–water partition coefficient (Wildman–Crippen LogP) is 4.11. The van der Waals surface area contributed by atoms with Crippen LogP contribution in [0.4, 0.5) is 0 Å². The molecule has 16 heavy (non-hydrogen) atoms. The Labute approximate surface area is 112 Å². The largest absolute Gasteiger partial charge is 0.506 e. The Hall–Kier alpha value is -0.0600. The van der Waals surface area contributed by atoms with E-state index in [1.165, 1.54) is 25.7 Å². The van der Waals surface area contributed by atoms with Crippen LogP contribution in [0.5, 0.6) is 5.75 Å². The number of aromatic hydroxyl groups is 1. The fourth-order valence-electron chi connectivity index (χ4n) is 2.41. The van der Waals surface area contributed by atoms with Gasteiger partial charge in [0.1, 0.15) is 5.75 Å². The Kier molecular flexibility index (Phi) is 3.93. The van der Waals surface area contributed by atoms with Crippen molar-refractivity contribution in [3.05, 3.63) is 26.6 Å². The van der Waals surface area contributed by atoms with Crippen LogP contribution in [0.2, 0.25) is 0 Å². The zero-order valence-electron chi connectivity index (χ0n) is 8.92. The van der Waals surface area contributed by atoms with Crippen LogP contribution in [0.1, 0.15) is 37.3 Å². The molecule has 0 unspecified atom stereocenters. The average Bonchev–Trinajstić information content (AvgIpc) is 2.75. The van der Waals surface area contributed by atoms with Crippen LogP contribution >= 0.6 is 31.9 Å². The van der Waals surface area contributed by atoms with Crippen LogP contribution in [0.15, 0.2) is 21.1 Å². The van der Waals surface area contributed by atoms with E-state index in [4.69, 9.17) is 5.73 Å². The molecule has 0 saturated heterocycles. The van der Waals surface area contributed by atoms with Crippen LogP contribution < -0.4 is 5.73 Å². The van der Waals surface area contributed by atoms with Gasteiger partial charge in [-0.2, -0.15) is 0 Å². The van der Waals surface area contributed by atoms with Crippen LogP contribution in [0, 0.1) is 5.92 Å². The molecule has 1 aromatic carbocycles. The second-order valence-electron chi connectivity index (χ2n) is 4.40. The van der Waals surface area contributed by atoms with Crippen LogP contribution in [0.25, 0.3) is 0 Å². The fourth-order valence-corrected chi connectivity index (χ4v) is 3.67. The van der Waals surface area contributed by atoms with E-state index < -0.39 is 0 Å². The highest BCUT2D eigenvalue weighted by Crippen LogP contribution is 2.41. The molecule has 2 rings (SSSR count). The topological polar surface area (TPSA) is 46.2 Å². The maximum Gasteiger partial charge on any atom is 0.134 e. The average molecular weight is 349 g/mol. The van der Waals surface area contributed by atoms with Gasteiger partial charge in [-0.15, -0.1) is 0 Å². The van der Waals surface area contributed by atoms with Gasteiger partial charge in [-0.05, 0) is 46.8 Å². The molecule has 0 radical (unpaired) electrons. The highest BCUT2D eigenvalue weighted by atomic mass is 79.9. The van der Waals surface area contributed by atoms with Gasteiger partial charge in [0.2, 0.25) is 0 Å². The zero-order chi connectivity index (χ0) is 11.7. The first-order chi connectivity index (χ1) is 7.59. The van der Waals surface area contributed by atoms with E-state index in [1.54, 1.807) is 0 Å². The lowest BCUT2D eigenvalue weighted by atomic mass is 9.92. The Morgan fingerprint density at radius 1 is 1.25 bits per heavy atom. The molecule has 2 nitrogen and oxygen atoms in total. The standard InChI is InChI=1S/C12H15Br2NO/c13-8-5-9(12(16)10(14)6-8)11(15)7-3-1-2-4-7/h5-7,11,16H,1-4,15H2/t11-/m1/s1. The van der Waals surface area contributed by atoms with E-state index in [1.807, 2.05) is 12.1 Å². The van der Waals surface area contributed by atoms with Crippen molar-refractivity contribution < 1.29 is 5.11 Å². The highest BCUT2D eigenvalue weighted by Gasteiger charge is 2.26. The molecule has 0 amide bonds. The van der Waals surface area contributed by atoms with Gasteiger partial charge in [-0.25, -0.2) is 0 Å². The lowest BCUT2D eigenvalue weighted by Gasteiger charge is -2.21. The number of phenolic OH excluding ortho intramolecular Hbond substituents is 1. The van der Waals surface area contributed by atoms with E-state index in [-0.39, 0.29) is 11.8 Å². The van der Waals surface area contributed by atoms with Crippen molar-refractivity contribution in [3.63, 3.8) is 0 Å². The number of halogens is 2. The fraction of sp³-hybridized carbons (Fsp3) is 0.500. The Bertz CT molecular complexity index is 389. The highest BCUT2D eigenvalue weighted by molar-refractivity contribution is 9.11. The van der Waals surface area contributed by atoms with Crippen molar-refractivity contribution in [1.29, 1.82) is 0 Å². The molecule has 1 fully saturated rings. The summed E-state index contributed by atoms with van der Waals surface area (Å²) in [6.07, 6.45) is 4.86. The molecule has 0 aromatic heterocycles. The summed E-state index contributed by atoms with van der Waals surface area (Å²) >= 11 is 6.77. The van der Waals surface area contributed by atoms with Gasteiger partial charge in [-0.3, -0.25) is 0 Å². The van der Waals surface area contributed by atoms with Crippen molar-refractivity contribution in [2.45, 2.75) is 31.7 Å². The van der Waals surface area contributed by atoms with Crippen molar-refractivity contribution in [2.75, 3.05) is 0 Å². The second-order valence-corrected chi connectivity index (χ2v) is 6.17. The Morgan fingerprint density at radius 2 is 1.88 bits per heavy atom. The van der Waals surface area contributed by atoms with Gasteiger partial charge in [-0.1, -0.05) is 28.8 Å². The maximum atomic E-state index is 10.0. The molecule has 3 N–H and O–H groups in total. The number of hydrogen-bond donors (Lipinski definition) is 2. The minimum atomic E-state index is -0.0590. The number of benzene rings is 1. The lowest BCUT2D eigenvalue weighted by molar-refractivity contribution is 0.410. The van der Waals surface area contributed by atoms with Crippen molar-refractivity contribution in [1.82, 2.24) is 0 Å². The lowest BCUT2D eigenvalue weighted by Crippen LogP contribution is -2.19. The first-order valence-corrected chi connectivity index (χ1v) is 7.11. The van der Waals surface area contributed by atoms with E-state index >= 15 is 0 Å². The minimum Gasteiger partial charge on any atom is -0.506 e. The monoisotopic (exact) mass is 347 g/mol. The molecule has 1 aliphatic carbocycles. The number of nitrogens with two attached hydrogens (primary N) is 1.